The number of carbonyl (C=O) groups excluding carboxylic acids is 1. The highest BCUT2D eigenvalue weighted by Gasteiger charge is 2.23. The predicted molar refractivity (Wildman–Crippen MR) is 86.7 cm³/mol. The van der Waals surface area contributed by atoms with E-state index in [-0.39, 0.29) is 13.0 Å². The van der Waals surface area contributed by atoms with Crippen LogP contribution in [0.5, 0.6) is 0 Å². The van der Waals surface area contributed by atoms with Crippen LogP contribution in [0.1, 0.15) is 24.0 Å². The van der Waals surface area contributed by atoms with Gasteiger partial charge in [0.1, 0.15) is 6.61 Å². The zero-order valence-corrected chi connectivity index (χ0v) is 12.9. The molecule has 2 rings (SSSR count). The molecule has 0 heterocycles. The van der Waals surface area contributed by atoms with Crippen molar-refractivity contribution in [2.45, 2.75) is 25.9 Å². The minimum Gasteiger partial charge on any atom is -0.481 e. The summed E-state index contributed by atoms with van der Waals surface area (Å²) >= 11 is 0. The van der Waals surface area contributed by atoms with Crippen LogP contribution >= 0.6 is 0 Å². The number of hydrogen-bond donors (Lipinski definition) is 1. The molecule has 0 amide bonds. The number of aliphatic carboxylic acids is 1. The summed E-state index contributed by atoms with van der Waals surface area (Å²) in [6.07, 6.45) is 0.906. The van der Waals surface area contributed by atoms with Gasteiger partial charge in [-0.25, -0.2) is 0 Å². The van der Waals surface area contributed by atoms with E-state index in [0.29, 0.717) is 12.8 Å². The minimum atomic E-state index is -0.986. The fourth-order valence-corrected chi connectivity index (χ4v) is 2.35. The van der Waals surface area contributed by atoms with Gasteiger partial charge in [0.05, 0.1) is 12.3 Å². The first kappa shape index (κ1) is 16.7. The van der Waals surface area contributed by atoms with Crippen molar-refractivity contribution in [3.63, 3.8) is 0 Å². The van der Waals surface area contributed by atoms with E-state index < -0.39 is 17.9 Å². The molecule has 0 aromatic heterocycles. The highest BCUT2D eigenvalue weighted by Crippen LogP contribution is 2.16. The van der Waals surface area contributed by atoms with Gasteiger partial charge in [-0.3, -0.25) is 9.59 Å². The summed E-state index contributed by atoms with van der Waals surface area (Å²) in [6, 6.07) is 19.1. The van der Waals surface area contributed by atoms with Crippen LogP contribution in [0.3, 0.4) is 0 Å². The summed E-state index contributed by atoms with van der Waals surface area (Å²) in [4.78, 5) is 23.2. The summed E-state index contributed by atoms with van der Waals surface area (Å²) in [7, 11) is 0. The normalized spacial score (nSPS) is 11.7. The van der Waals surface area contributed by atoms with Gasteiger partial charge >= 0.3 is 11.9 Å². The highest BCUT2D eigenvalue weighted by molar-refractivity contribution is 5.79. The number of esters is 1. The molecule has 1 unspecified atom stereocenters. The standard InChI is InChI=1S/C19H20O4/c20-18(21)13-17(12-11-15-7-3-1-4-8-15)19(22)23-14-16-9-5-2-6-10-16/h1-10,17H,11-14H2,(H,20,21). The third-order valence-corrected chi connectivity index (χ3v) is 3.60. The maximum atomic E-state index is 12.2. The number of carboxylic acids is 1. The Balaban J connectivity index is 1.91. The maximum Gasteiger partial charge on any atom is 0.309 e. The summed E-state index contributed by atoms with van der Waals surface area (Å²) in [5.74, 6) is -2.07. The lowest BCUT2D eigenvalue weighted by molar-refractivity contribution is -0.154. The Bertz CT molecular complexity index is 622. The number of carbonyl (C=O) groups is 2. The molecule has 1 atom stereocenters. The van der Waals surface area contributed by atoms with E-state index >= 15 is 0 Å². The van der Waals surface area contributed by atoms with E-state index in [1.54, 1.807) is 0 Å². The molecule has 4 nitrogen and oxygen atoms in total. The third kappa shape index (κ3) is 5.94. The van der Waals surface area contributed by atoms with Gasteiger partial charge in [-0.15, -0.1) is 0 Å². The Labute approximate surface area is 135 Å². The van der Waals surface area contributed by atoms with Gasteiger partial charge in [0.15, 0.2) is 0 Å². The van der Waals surface area contributed by atoms with Crippen LogP contribution in [0, 0.1) is 5.92 Å². The fourth-order valence-electron chi connectivity index (χ4n) is 2.35. The molecule has 0 saturated carbocycles. The number of hydrogen-bond acceptors (Lipinski definition) is 3. The summed E-state index contributed by atoms with van der Waals surface area (Å²) in [6.45, 7) is 0.168. The summed E-state index contributed by atoms with van der Waals surface area (Å²) in [5.41, 5.74) is 1.97. The first-order valence-electron chi connectivity index (χ1n) is 7.61. The van der Waals surface area contributed by atoms with Crippen LogP contribution < -0.4 is 0 Å². The van der Waals surface area contributed by atoms with Crippen molar-refractivity contribution in [1.82, 2.24) is 0 Å². The summed E-state index contributed by atoms with van der Waals surface area (Å²) in [5, 5.41) is 9.01. The topological polar surface area (TPSA) is 63.6 Å². The van der Waals surface area contributed by atoms with Gasteiger partial charge in [0.25, 0.3) is 0 Å². The second kappa shape index (κ2) is 8.73. The Morgan fingerprint density at radius 2 is 1.48 bits per heavy atom. The molecule has 0 spiro atoms. The van der Waals surface area contributed by atoms with Crippen LogP contribution in [0.25, 0.3) is 0 Å². The molecule has 0 aliphatic carbocycles. The lowest BCUT2D eigenvalue weighted by Crippen LogP contribution is -2.21. The molecule has 4 heteroatoms. The predicted octanol–water partition coefficient (Wildman–Crippen LogP) is 3.45. The van der Waals surface area contributed by atoms with E-state index in [4.69, 9.17) is 9.84 Å². The van der Waals surface area contributed by atoms with Gasteiger partial charge in [0.2, 0.25) is 0 Å². The lowest BCUT2D eigenvalue weighted by Gasteiger charge is -2.14. The smallest absolute Gasteiger partial charge is 0.309 e. The van der Waals surface area contributed by atoms with Crippen molar-refractivity contribution in [2.24, 2.45) is 5.92 Å². The number of ether oxygens (including phenoxy) is 1. The van der Waals surface area contributed by atoms with E-state index in [9.17, 15) is 9.59 Å². The Hall–Kier alpha value is -2.62. The van der Waals surface area contributed by atoms with Crippen molar-refractivity contribution in [1.29, 1.82) is 0 Å². The zero-order chi connectivity index (χ0) is 16.5. The number of carboxylic acid groups (broad SMARTS) is 1. The first-order valence-corrected chi connectivity index (χ1v) is 7.61. The van der Waals surface area contributed by atoms with Crippen molar-refractivity contribution in [3.8, 4) is 0 Å². The van der Waals surface area contributed by atoms with Crippen molar-refractivity contribution in [3.05, 3.63) is 71.8 Å². The highest BCUT2D eigenvalue weighted by atomic mass is 16.5. The van der Waals surface area contributed by atoms with Gasteiger partial charge in [-0.05, 0) is 24.0 Å². The Morgan fingerprint density at radius 3 is 2.04 bits per heavy atom. The van der Waals surface area contributed by atoms with Crippen LogP contribution in [0.15, 0.2) is 60.7 Å². The molecule has 0 aliphatic rings. The first-order chi connectivity index (χ1) is 11.1. The average Bonchev–Trinajstić information content (AvgIpc) is 2.58. The van der Waals surface area contributed by atoms with Crippen LogP contribution in [0.2, 0.25) is 0 Å². The molecule has 0 bridgehead atoms. The van der Waals surface area contributed by atoms with Gasteiger partial charge in [-0.1, -0.05) is 60.7 Å². The Kier molecular flexibility index (Phi) is 6.36. The van der Waals surface area contributed by atoms with Gasteiger partial charge in [-0.2, -0.15) is 0 Å². The van der Waals surface area contributed by atoms with E-state index in [0.717, 1.165) is 11.1 Å². The van der Waals surface area contributed by atoms with Crippen molar-refractivity contribution < 1.29 is 19.4 Å². The number of aryl methyl sites for hydroxylation is 1. The largest absolute Gasteiger partial charge is 0.481 e. The molecule has 0 saturated heterocycles. The van der Waals surface area contributed by atoms with Gasteiger partial charge in [0, 0.05) is 0 Å². The molecular formula is C19H20O4. The van der Waals surface area contributed by atoms with E-state index in [1.807, 2.05) is 60.7 Å². The molecule has 2 aromatic rings. The van der Waals surface area contributed by atoms with Crippen LogP contribution in [-0.2, 0) is 27.4 Å². The van der Waals surface area contributed by atoms with E-state index in [1.165, 1.54) is 0 Å². The van der Waals surface area contributed by atoms with Gasteiger partial charge < -0.3 is 9.84 Å². The third-order valence-electron chi connectivity index (χ3n) is 3.60. The lowest BCUT2D eigenvalue weighted by atomic mass is 9.96. The minimum absolute atomic E-state index is 0.168. The Morgan fingerprint density at radius 1 is 0.913 bits per heavy atom. The van der Waals surface area contributed by atoms with Crippen LogP contribution in [-0.4, -0.2) is 17.0 Å². The number of rotatable bonds is 8. The number of benzene rings is 2. The molecule has 0 fully saturated rings. The molecule has 0 aliphatic heterocycles. The second-order valence-corrected chi connectivity index (χ2v) is 5.41. The molecule has 0 radical (unpaired) electrons. The van der Waals surface area contributed by atoms with E-state index in [2.05, 4.69) is 0 Å². The second-order valence-electron chi connectivity index (χ2n) is 5.41. The molecule has 120 valence electrons. The van der Waals surface area contributed by atoms with Crippen molar-refractivity contribution >= 4 is 11.9 Å². The average molecular weight is 312 g/mol. The zero-order valence-electron chi connectivity index (χ0n) is 12.9. The fraction of sp³-hybridized carbons (Fsp3) is 0.263. The quantitative estimate of drug-likeness (QED) is 0.758. The monoisotopic (exact) mass is 312 g/mol. The SMILES string of the molecule is O=C(O)CC(CCc1ccccc1)C(=O)OCc1ccccc1. The molecule has 23 heavy (non-hydrogen) atoms. The summed E-state index contributed by atoms with van der Waals surface area (Å²) < 4.78 is 5.28. The maximum absolute atomic E-state index is 12.2. The molecular weight excluding hydrogens is 292 g/mol. The van der Waals surface area contributed by atoms with Crippen LogP contribution in [0.4, 0.5) is 0 Å². The van der Waals surface area contributed by atoms with Crippen molar-refractivity contribution in [2.75, 3.05) is 0 Å². The molecule has 1 N–H and O–H groups in total. The molecule has 2 aromatic carbocycles.